The molecule has 0 radical (unpaired) electrons. The monoisotopic (exact) mass is 267 g/mol. The summed E-state index contributed by atoms with van der Waals surface area (Å²) < 4.78 is 5.48. The van der Waals surface area contributed by atoms with Gasteiger partial charge < -0.3 is 10.1 Å². The Kier molecular flexibility index (Phi) is 4.00. The van der Waals surface area contributed by atoms with Crippen molar-refractivity contribution in [2.24, 2.45) is 5.41 Å². The minimum Gasteiger partial charge on any atom is -0.381 e. The zero-order chi connectivity index (χ0) is 13.3. The Bertz CT molecular complexity index is 419. The van der Waals surface area contributed by atoms with E-state index in [0.717, 1.165) is 11.4 Å². The molecule has 3 atom stereocenters. The highest BCUT2D eigenvalue weighted by Crippen LogP contribution is 2.43. The zero-order valence-corrected chi connectivity index (χ0v) is 12.3. The molecule has 3 unspecified atom stereocenters. The normalized spacial score (nSPS) is 27.6. The van der Waals surface area contributed by atoms with Crippen molar-refractivity contribution in [2.45, 2.75) is 45.4 Å². The number of ether oxygens (including phenoxy) is 1. The van der Waals surface area contributed by atoms with E-state index < -0.39 is 0 Å². The molecule has 100 valence electrons. The molecule has 2 rings (SSSR count). The van der Waals surface area contributed by atoms with E-state index in [0.29, 0.717) is 18.2 Å². The van der Waals surface area contributed by atoms with Gasteiger partial charge in [-0.15, -0.1) is 0 Å². The highest BCUT2D eigenvalue weighted by molar-refractivity contribution is 6.30. The van der Waals surface area contributed by atoms with Crippen LogP contribution in [0.15, 0.2) is 24.3 Å². The highest BCUT2D eigenvalue weighted by Gasteiger charge is 2.48. The second-order valence-electron chi connectivity index (χ2n) is 5.78. The number of methoxy groups -OCH3 is 1. The Hall–Kier alpha value is -0.570. The molecule has 18 heavy (non-hydrogen) atoms. The second kappa shape index (κ2) is 5.20. The first-order valence-electron chi connectivity index (χ1n) is 6.49. The molecule has 0 heterocycles. The fourth-order valence-corrected chi connectivity index (χ4v) is 2.94. The van der Waals surface area contributed by atoms with Crippen molar-refractivity contribution in [2.75, 3.05) is 7.11 Å². The van der Waals surface area contributed by atoms with Crippen molar-refractivity contribution in [1.82, 2.24) is 5.32 Å². The van der Waals surface area contributed by atoms with Crippen molar-refractivity contribution in [1.29, 1.82) is 0 Å². The van der Waals surface area contributed by atoms with Gasteiger partial charge >= 0.3 is 0 Å². The van der Waals surface area contributed by atoms with Gasteiger partial charge in [-0.1, -0.05) is 37.6 Å². The average Bonchev–Trinajstić information content (AvgIpc) is 2.33. The SMILES string of the molecule is COC1CC(NC(C)c2cccc(Cl)c2)C1(C)C. The van der Waals surface area contributed by atoms with Gasteiger partial charge in [-0.2, -0.15) is 0 Å². The lowest BCUT2D eigenvalue weighted by Crippen LogP contribution is -2.60. The molecule has 1 N–H and O–H groups in total. The fourth-order valence-electron chi connectivity index (χ4n) is 2.74. The van der Waals surface area contributed by atoms with Crippen LogP contribution in [0.2, 0.25) is 5.02 Å². The van der Waals surface area contributed by atoms with E-state index in [4.69, 9.17) is 16.3 Å². The summed E-state index contributed by atoms with van der Waals surface area (Å²) in [5, 5.41) is 4.47. The quantitative estimate of drug-likeness (QED) is 0.896. The lowest BCUT2D eigenvalue weighted by molar-refractivity contribution is -0.0999. The maximum atomic E-state index is 6.03. The van der Waals surface area contributed by atoms with E-state index in [1.807, 2.05) is 18.2 Å². The van der Waals surface area contributed by atoms with Gasteiger partial charge in [-0.3, -0.25) is 0 Å². The number of nitrogens with one attached hydrogen (secondary N) is 1. The van der Waals surface area contributed by atoms with Gasteiger partial charge in [-0.05, 0) is 31.0 Å². The summed E-state index contributed by atoms with van der Waals surface area (Å²) in [6.07, 6.45) is 1.44. The Morgan fingerprint density at radius 1 is 1.44 bits per heavy atom. The van der Waals surface area contributed by atoms with Gasteiger partial charge in [-0.25, -0.2) is 0 Å². The Morgan fingerprint density at radius 3 is 2.72 bits per heavy atom. The van der Waals surface area contributed by atoms with Gasteiger partial charge in [0.1, 0.15) is 0 Å². The molecule has 1 aliphatic rings. The van der Waals surface area contributed by atoms with Gasteiger partial charge in [0, 0.05) is 29.6 Å². The molecule has 0 amide bonds. The molecule has 0 spiro atoms. The van der Waals surface area contributed by atoms with Crippen LogP contribution in [0, 0.1) is 5.41 Å². The molecule has 1 aliphatic carbocycles. The lowest BCUT2D eigenvalue weighted by atomic mass is 9.64. The van der Waals surface area contributed by atoms with Crippen LogP contribution in [-0.4, -0.2) is 19.3 Å². The Balaban J connectivity index is 1.99. The predicted octanol–water partition coefficient (Wildman–Crippen LogP) is 3.80. The van der Waals surface area contributed by atoms with Crippen LogP contribution < -0.4 is 5.32 Å². The number of benzene rings is 1. The van der Waals surface area contributed by atoms with Gasteiger partial charge in [0.25, 0.3) is 0 Å². The van der Waals surface area contributed by atoms with E-state index in [-0.39, 0.29) is 5.41 Å². The van der Waals surface area contributed by atoms with E-state index in [1.165, 1.54) is 5.56 Å². The van der Waals surface area contributed by atoms with Gasteiger partial charge in [0.2, 0.25) is 0 Å². The predicted molar refractivity (Wildman–Crippen MR) is 76.0 cm³/mol. The van der Waals surface area contributed by atoms with Crippen LogP contribution >= 0.6 is 11.6 Å². The largest absolute Gasteiger partial charge is 0.381 e. The van der Waals surface area contributed by atoms with Crippen molar-refractivity contribution in [3.63, 3.8) is 0 Å². The van der Waals surface area contributed by atoms with Crippen LogP contribution in [0.4, 0.5) is 0 Å². The summed E-state index contributed by atoms with van der Waals surface area (Å²) in [4.78, 5) is 0. The number of hydrogen-bond donors (Lipinski definition) is 1. The van der Waals surface area contributed by atoms with Crippen molar-refractivity contribution in [3.8, 4) is 0 Å². The molecule has 0 bridgehead atoms. The van der Waals surface area contributed by atoms with Crippen molar-refractivity contribution < 1.29 is 4.74 Å². The summed E-state index contributed by atoms with van der Waals surface area (Å²) in [7, 11) is 1.79. The van der Waals surface area contributed by atoms with E-state index in [9.17, 15) is 0 Å². The Morgan fingerprint density at radius 2 is 2.17 bits per heavy atom. The fraction of sp³-hybridized carbons (Fsp3) is 0.600. The number of halogens is 1. The first kappa shape index (κ1) is 13.9. The third-order valence-electron chi connectivity index (χ3n) is 4.26. The minimum atomic E-state index is 0.196. The van der Waals surface area contributed by atoms with Crippen LogP contribution in [-0.2, 0) is 4.74 Å². The van der Waals surface area contributed by atoms with Crippen molar-refractivity contribution in [3.05, 3.63) is 34.9 Å². The van der Waals surface area contributed by atoms with Crippen LogP contribution in [0.25, 0.3) is 0 Å². The van der Waals surface area contributed by atoms with Gasteiger partial charge in [0.05, 0.1) is 6.10 Å². The summed E-state index contributed by atoms with van der Waals surface area (Å²) in [5.74, 6) is 0. The second-order valence-corrected chi connectivity index (χ2v) is 6.21. The van der Waals surface area contributed by atoms with Crippen LogP contribution in [0.3, 0.4) is 0 Å². The Labute approximate surface area is 115 Å². The molecule has 3 heteroatoms. The average molecular weight is 268 g/mol. The molecule has 0 aromatic heterocycles. The number of rotatable bonds is 4. The third-order valence-corrected chi connectivity index (χ3v) is 4.50. The zero-order valence-electron chi connectivity index (χ0n) is 11.5. The van der Waals surface area contributed by atoms with Crippen LogP contribution in [0.5, 0.6) is 0 Å². The van der Waals surface area contributed by atoms with E-state index in [1.54, 1.807) is 7.11 Å². The number of hydrogen-bond acceptors (Lipinski definition) is 2. The lowest BCUT2D eigenvalue weighted by Gasteiger charge is -2.52. The summed E-state index contributed by atoms with van der Waals surface area (Å²) >= 11 is 6.03. The third kappa shape index (κ3) is 2.56. The van der Waals surface area contributed by atoms with Crippen molar-refractivity contribution >= 4 is 11.6 Å². The highest BCUT2D eigenvalue weighted by atomic mass is 35.5. The topological polar surface area (TPSA) is 21.3 Å². The van der Waals surface area contributed by atoms with Gasteiger partial charge in [0.15, 0.2) is 0 Å². The first-order valence-corrected chi connectivity index (χ1v) is 6.87. The maximum absolute atomic E-state index is 6.03. The summed E-state index contributed by atoms with van der Waals surface area (Å²) in [6.45, 7) is 6.70. The first-order chi connectivity index (χ1) is 8.45. The molecule has 0 aliphatic heterocycles. The summed E-state index contributed by atoms with van der Waals surface area (Å²) in [5.41, 5.74) is 1.43. The maximum Gasteiger partial charge on any atom is 0.0652 e. The molecular weight excluding hydrogens is 246 g/mol. The molecular formula is C15H22ClNO. The molecule has 1 fully saturated rings. The standard InChI is InChI=1S/C15H22ClNO/c1-10(11-6-5-7-12(16)8-11)17-13-9-14(18-4)15(13,2)3/h5-8,10,13-14,17H,9H2,1-4H3. The van der Waals surface area contributed by atoms with Crippen LogP contribution in [0.1, 0.15) is 38.8 Å². The molecule has 2 nitrogen and oxygen atoms in total. The van der Waals surface area contributed by atoms with E-state index in [2.05, 4.69) is 32.2 Å². The molecule has 1 aromatic rings. The summed E-state index contributed by atoms with van der Waals surface area (Å²) in [6, 6.07) is 8.86. The molecule has 1 saturated carbocycles. The molecule has 0 saturated heterocycles. The molecule has 1 aromatic carbocycles. The van der Waals surface area contributed by atoms with E-state index >= 15 is 0 Å². The smallest absolute Gasteiger partial charge is 0.0652 e. The minimum absolute atomic E-state index is 0.196.